The second kappa shape index (κ2) is 5.48. The van der Waals surface area contributed by atoms with E-state index in [4.69, 9.17) is 5.11 Å². The summed E-state index contributed by atoms with van der Waals surface area (Å²) in [7, 11) is 0. The summed E-state index contributed by atoms with van der Waals surface area (Å²) in [6, 6.07) is 4.38. The molecule has 0 spiro atoms. The van der Waals surface area contributed by atoms with Crippen molar-refractivity contribution < 1.29 is 14.3 Å². The first-order valence-electron chi connectivity index (χ1n) is 6.27. The zero-order chi connectivity index (χ0) is 13.1. The van der Waals surface area contributed by atoms with Gasteiger partial charge in [0, 0.05) is 25.3 Å². The molecule has 0 aliphatic carbocycles. The Morgan fingerprint density at radius 3 is 2.94 bits per heavy atom. The summed E-state index contributed by atoms with van der Waals surface area (Å²) in [5.41, 5.74) is 1.14. The fourth-order valence-electron chi connectivity index (χ4n) is 2.44. The predicted molar refractivity (Wildman–Crippen MR) is 66.9 cm³/mol. The SMILES string of the molecule is Cc1cc(F)cc(C(=O)N2CCCC(CO)C2)c1. The van der Waals surface area contributed by atoms with E-state index < -0.39 is 0 Å². The van der Waals surface area contributed by atoms with Crippen molar-refractivity contribution in [2.24, 2.45) is 5.92 Å². The lowest BCUT2D eigenvalue weighted by atomic mass is 9.98. The Labute approximate surface area is 106 Å². The Morgan fingerprint density at radius 2 is 2.28 bits per heavy atom. The van der Waals surface area contributed by atoms with Crippen molar-refractivity contribution in [3.63, 3.8) is 0 Å². The summed E-state index contributed by atoms with van der Waals surface area (Å²) in [5, 5.41) is 9.15. The normalized spacial score (nSPS) is 19.9. The molecule has 18 heavy (non-hydrogen) atoms. The van der Waals surface area contributed by atoms with Gasteiger partial charge in [0.2, 0.25) is 0 Å². The van der Waals surface area contributed by atoms with Gasteiger partial charge in [-0.05, 0) is 49.4 Å². The fourth-order valence-corrected chi connectivity index (χ4v) is 2.44. The number of aliphatic hydroxyl groups excluding tert-OH is 1. The maximum absolute atomic E-state index is 13.3. The number of amides is 1. The number of rotatable bonds is 2. The number of hydrogen-bond donors (Lipinski definition) is 1. The zero-order valence-corrected chi connectivity index (χ0v) is 10.5. The molecule has 1 aliphatic heterocycles. The molecule has 1 saturated heterocycles. The molecule has 1 aromatic carbocycles. The Bertz CT molecular complexity index is 427. The van der Waals surface area contributed by atoms with Gasteiger partial charge < -0.3 is 10.0 Å². The van der Waals surface area contributed by atoms with Crippen molar-refractivity contribution in [3.8, 4) is 0 Å². The average molecular weight is 251 g/mol. The lowest BCUT2D eigenvalue weighted by Crippen LogP contribution is -2.41. The van der Waals surface area contributed by atoms with Gasteiger partial charge in [0.05, 0.1) is 0 Å². The molecule has 1 heterocycles. The molecular formula is C14H18FNO2. The molecule has 1 N–H and O–H groups in total. The molecule has 1 atom stereocenters. The van der Waals surface area contributed by atoms with Gasteiger partial charge in [0.25, 0.3) is 5.91 Å². The number of hydrogen-bond acceptors (Lipinski definition) is 2. The molecule has 1 aromatic rings. The van der Waals surface area contributed by atoms with Gasteiger partial charge >= 0.3 is 0 Å². The van der Waals surface area contributed by atoms with E-state index in [1.165, 1.54) is 12.1 Å². The number of likely N-dealkylation sites (tertiary alicyclic amines) is 1. The van der Waals surface area contributed by atoms with Crippen LogP contribution >= 0.6 is 0 Å². The van der Waals surface area contributed by atoms with Crippen LogP contribution in [-0.2, 0) is 0 Å². The van der Waals surface area contributed by atoms with Crippen molar-refractivity contribution in [2.75, 3.05) is 19.7 Å². The summed E-state index contributed by atoms with van der Waals surface area (Å²) >= 11 is 0. The Morgan fingerprint density at radius 1 is 1.50 bits per heavy atom. The van der Waals surface area contributed by atoms with Gasteiger partial charge in [-0.25, -0.2) is 4.39 Å². The molecular weight excluding hydrogens is 233 g/mol. The molecule has 0 aromatic heterocycles. The summed E-state index contributed by atoms with van der Waals surface area (Å²) in [6.45, 7) is 3.12. The number of nitrogens with zero attached hydrogens (tertiary/aromatic N) is 1. The Balaban J connectivity index is 2.15. The predicted octanol–water partition coefficient (Wildman–Crippen LogP) is 1.98. The fraction of sp³-hybridized carbons (Fsp3) is 0.500. The van der Waals surface area contributed by atoms with Crippen LogP contribution in [0, 0.1) is 18.7 Å². The van der Waals surface area contributed by atoms with Crippen LogP contribution in [0.2, 0.25) is 0 Å². The zero-order valence-electron chi connectivity index (χ0n) is 10.5. The number of benzene rings is 1. The number of carbonyl (C=O) groups excluding carboxylic acids is 1. The van der Waals surface area contributed by atoms with E-state index in [0.29, 0.717) is 18.7 Å². The first kappa shape index (κ1) is 13.0. The highest BCUT2D eigenvalue weighted by Crippen LogP contribution is 2.19. The van der Waals surface area contributed by atoms with E-state index in [0.717, 1.165) is 18.4 Å². The van der Waals surface area contributed by atoms with Gasteiger partial charge in [-0.2, -0.15) is 0 Å². The minimum absolute atomic E-state index is 0.103. The molecule has 1 fully saturated rings. The lowest BCUT2D eigenvalue weighted by molar-refractivity contribution is 0.0620. The third kappa shape index (κ3) is 2.88. The summed E-state index contributed by atoms with van der Waals surface area (Å²) in [6.07, 6.45) is 1.84. The third-order valence-electron chi connectivity index (χ3n) is 3.35. The number of aliphatic hydroxyl groups is 1. The summed E-state index contributed by atoms with van der Waals surface area (Å²) in [5.74, 6) is -0.373. The van der Waals surface area contributed by atoms with Crippen molar-refractivity contribution in [3.05, 3.63) is 35.1 Å². The van der Waals surface area contributed by atoms with Crippen molar-refractivity contribution in [2.45, 2.75) is 19.8 Å². The number of halogens is 1. The van der Waals surface area contributed by atoms with Gasteiger partial charge in [0.1, 0.15) is 5.82 Å². The van der Waals surface area contributed by atoms with Crippen LogP contribution < -0.4 is 0 Å². The highest BCUT2D eigenvalue weighted by atomic mass is 19.1. The first-order valence-corrected chi connectivity index (χ1v) is 6.27. The minimum atomic E-state index is -0.380. The highest BCUT2D eigenvalue weighted by molar-refractivity contribution is 5.94. The smallest absolute Gasteiger partial charge is 0.253 e. The van der Waals surface area contributed by atoms with Crippen molar-refractivity contribution >= 4 is 5.91 Å². The summed E-state index contributed by atoms with van der Waals surface area (Å²) in [4.78, 5) is 14.0. The minimum Gasteiger partial charge on any atom is -0.396 e. The Kier molecular flexibility index (Phi) is 3.97. The van der Waals surface area contributed by atoms with E-state index in [2.05, 4.69) is 0 Å². The molecule has 0 bridgehead atoms. The average Bonchev–Trinajstić information content (AvgIpc) is 2.37. The lowest BCUT2D eigenvalue weighted by Gasteiger charge is -2.32. The van der Waals surface area contributed by atoms with E-state index in [9.17, 15) is 9.18 Å². The largest absolute Gasteiger partial charge is 0.396 e. The molecule has 0 radical (unpaired) electrons. The van der Waals surface area contributed by atoms with E-state index in [-0.39, 0.29) is 24.2 Å². The van der Waals surface area contributed by atoms with E-state index in [1.54, 1.807) is 17.9 Å². The number of carbonyl (C=O) groups is 1. The van der Waals surface area contributed by atoms with Crippen LogP contribution in [0.4, 0.5) is 4.39 Å². The van der Waals surface area contributed by atoms with Gasteiger partial charge in [-0.15, -0.1) is 0 Å². The van der Waals surface area contributed by atoms with Crippen LogP contribution in [0.15, 0.2) is 18.2 Å². The molecule has 1 unspecified atom stereocenters. The quantitative estimate of drug-likeness (QED) is 0.873. The topological polar surface area (TPSA) is 40.5 Å². The standard InChI is InChI=1S/C14H18FNO2/c1-10-5-12(7-13(15)6-10)14(18)16-4-2-3-11(8-16)9-17/h5-7,11,17H,2-4,8-9H2,1H3. The number of piperidine rings is 1. The monoisotopic (exact) mass is 251 g/mol. The molecule has 3 nitrogen and oxygen atoms in total. The van der Waals surface area contributed by atoms with Crippen molar-refractivity contribution in [1.82, 2.24) is 4.90 Å². The van der Waals surface area contributed by atoms with Crippen LogP contribution in [0.5, 0.6) is 0 Å². The molecule has 1 amide bonds. The molecule has 2 rings (SSSR count). The maximum atomic E-state index is 13.3. The molecule has 0 saturated carbocycles. The van der Waals surface area contributed by atoms with Crippen LogP contribution in [0.25, 0.3) is 0 Å². The van der Waals surface area contributed by atoms with Crippen molar-refractivity contribution in [1.29, 1.82) is 0 Å². The Hall–Kier alpha value is -1.42. The van der Waals surface area contributed by atoms with Gasteiger partial charge in [0.15, 0.2) is 0 Å². The molecule has 1 aliphatic rings. The van der Waals surface area contributed by atoms with Crippen LogP contribution in [0.1, 0.15) is 28.8 Å². The molecule has 98 valence electrons. The highest BCUT2D eigenvalue weighted by Gasteiger charge is 2.24. The van der Waals surface area contributed by atoms with Crippen LogP contribution in [-0.4, -0.2) is 35.6 Å². The first-order chi connectivity index (χ1) is 8.60. The molecule has 4 heteroatoms. The van der Waals surface area contributed by atoms with Gasteiger partial charge in [-0.3, -0.25) is 4.79 Å². The van der Waals surface area contributed by atoms with E-state index >= 15 is 0 Å². The third-order valence-corrected chi connectivity index (χ3v) is 3.35. The number of aryl methyl sites for hydroxylation is 1. The summed E-state index contributed by atoms with van der Waals surface area (Å²) < 4.78 is 13.3. The van der Waals surface area contributed by atoms with E-state index in [1.807, 2.05) is 0 Å². The van der Waals surface area contributed by atoms with Crippen LogP contribution in [0.3, 0.4) is 0 Å². The maximum Gasteiger partial charge on any atom is 0.253 e. The van der Waals surface area contributed by atoms with Gasteiger partial charge in [-0.1, -0.05) is 0 Å². The second-order valence-corrected chi connectivity index (χ2v) is 4.96. The second-order valence-electron chi connectivity index (χ2n) is 4.96.